The fraction of sp³-hybridized carbons (Fsp3) is 0.438. The van der Waals surface area contributed by atoms with Gasteiger partial charge in [-0.2, -0.15) is 0 Å². The molecule has 0 saturated carbocycles. The number of ether oxygens (including phenoxy) is 1. The normalized spacial score (nSPS) is 15.1. The number of allylic oxidation sites excluding steroid dienone is 1. The molecule has 1 amide bonds. The molecule has 0 radical (unpaired) electrons. The van der Waals surface area contributed by atoms with Gasteiger partial charge in [-0.1, -0.05) is 31.2 Å². The summed E-state index contributed by atoms with van der Waals surface area (Å²) in [5, 5.41) is 0. The molecule has 1 aromatic carbocycles. The molecule has 3 heteroatoms. The van der Waals surface area contributed by atoms with Crippen LogP contribution in [-0.4, -0.2) is 30.5 Å². The van der Waals surface area contributed by atoms with Crippen molar-refractivity contribution in [2.24, 2.45) is 0 Å². The van der Waals surface area contributed by atoms with Crippen molar-refractivity contribution in [2.45, 2.75) is 26.2 Å². The van der Waals surface area contributed by atoms with Crippen LogP contribution in [0.4, 0.5) is 0 Å². The first-order chi connectivity index (χ1) is 9.29. The van der Waals surface area contributed by atoms with Gasteiger partial charge in [-0.15, -0.1) is 0 Å². The lowest BCUT2D eigenvalue weighted by Gasteiger charge is -2.15. The summed E-state index contributed by atoms with van der Waals surface area (Å²) < 4.78 is 5.58. The molecule has 2 rings (SSSR count). The molecule has 19 heavy (non-hydrogen) atoms. The van der Waals surface area contributed by atoms with Crippen molar-refractivity contribution in [3.63, 3.8) is 0 Å². The third-order valence-corrected chi connectivity index (χ3v) is 3.23. The first-order valence-corrected chi connectivity index (χ1v) is 6.97. The number of nitrogens with zero attached hydrogens (tertiary/aromatic N) is 1. The monoisotopic (exact) mass is 259 g/mol. The highest BCUT2D eigenvalue weighted by Gasteiger charge is 2.17. The van der Waals surface area contributed by atoms with Gasteiger partial charge in [0, 0.05) is 13.1 Å². The van der Waals surface area contributed by atoms with E-state index in [1.165, 1.54) is 0 Å². The molecular weight excluding hydrogens is 238 g/mol. The number of carbonyl (C=O) groups excluding carboxylic acids is 1. The van der Waals surface area contributed by atoms with Crippen molar-refractivity contribution in [3.8, 4) is 5.75 Å². The SMILES string of the molecule is CCC=Cc1cccc(OCC(=O)N2CCCC2)c1. The lowest BCUT2D eigenvalue weighted by Crippen LogP contribution is -2.32. The van der Waals surface area contributed by atoms with Gasteiger partial charge in [-0.3, -0.25) is 4.79 Å². The standard InChI is InChI=1S/C16H21NO2/c1-2-3-7-14-8-6-9-15(12-14)19-13-16(18)17-10-4-5-11-17/h3,6-9,12H,2,4-5,10-11,13H2,1H3. The molecular formula is C16H21NO2. The zero-order valence-corrected chi connectivity index (χ0v) is 11.5. The maximum Gasteiger partial charge on any atom is 0.260 e. The highest BCUT2D eigenvalue weighted by atomic mass is 16.5. The molecule has 102 valence electrons. The average molecular weight is 259 g/mol. The fourth-order valence-electron chi connectivity index (χ4n) is 2.16. The zero-order valence-electron chi connectivity index (χ0n) is 11.5. The van der Waals surface area contributed by atoms with Crippen LogP contribution in [0.2, 0.25) is 0 Å². The summed E-state index contributed by atoms with van der Waals surface area (Å²) in [5.41, 5.74) is 1.10. The minimum absolute atomic E-state index is 0.0898. The van der Waals surface area contributed by atoms with Gasteiger partial charge in [0.05, 0.1) is 0 Å². The number of hydrogen-bond donors (Lipinski definition) is 0. The first-order valence-electron chi connectivity index (χ1n) is 6.97. The molecule has 1 saturated heterocycles. The van der Waals surface area contributed by atoms with Gasteiger partial charge < -0.3 is 9.64 Å². The minimum Gasteiger partial charge on any atom is -0.484 e. The Morgan fingerprint density at radius 2 is 2.16 bits per heavy atom. The smallest absolute Gasteiger partial charge is 0.260 e. The van der Waals surface area contributed by atoms with Gasteiger partial charge in [0.2, 0.25) is 0 Å². The van der Waals surface area contributed by atoms with Crippen LogP contribution in [0.5, 0.6) is 5.75 Å². The second kappa shape index (κ2) is 6.98. The lowest BCUT2D eigenvalue weighted by molar-refractivity contribution is -0.132. The molecule has 0 aromatic heterocycles. The number of rotatable bonds is 5. The number of likely N-dealkylation sites (tertiary alicyclic amines) is 1. The van der Waals surface area contributed by atoms with Crippen LogP contribution in [0.3, 0.4) is 0 Å². The van der Waals surface area contributed by atoms with E-state index in [0.29, 0.717) is 0 Å². The van der Waals surface area contributed by atoms with Gasteiger partial charge in [-0.25, -0.2) is 0 Å². The highest BCUT2D eigenvalue weighted by Crippen LogP contribution is 2.15. The van der Waals surface area contributed by atoms with E-state index < -0.39 is 0 Å². The van der Waals surface area contributed by atoms with E-state index >= 15 is 0 Å². The number of amides is 1. The molecule has 1 fully saturated rings. The summed E-state index contributed by atoms with van der Waals surface area (Å²) in [6, 6.07) is 7.83. The van der Waals surface area contributed by atoms with E-state index in [2.05, 4.69) is 19.1 Å². The van der Waals surface area contributed by atoms with Crippen LogP contribution in [0.15, 0.2) is 30.3 Å². The molecule has 0 aliphatic carbocycles. The van der Waals surface area contributed by atoms with Crippen molar-refractivity contribution in [2.75, 3.05) is 19.7 Å². The van der Waals surface area contributed by atoms with Gasteiger partial charge >= 0.3 is 0 Å². The second-order valence-electron chi connectivity index (χ2n) is 4.76. The van der Waals surface area contributed by atoms with Crippen LogP contribution in [0.25, 0.3) is 6.08 Å². The van der Waals surface area contributed by atoms with E-state index in [0.717, 1.165) is 43.7 Å². The molecule has 1 heterocycles. The molecule has 0 spiro atoms. The summed E-state index contributed by atoms with van der Waals surface area (Å²) in [5.74, 6) is 0.845. The van der Waals surface area contributed by atoms with Gasteiger partial charge in [-0.05, 0) is 37.0 Å². The molecule has 1 aliphatic rings. The molecule has 1 aliphatic heterocycles. The van der Waals surface area contributed by atoms with Crippen LogP contribution in [0.1, 0.15) is 31.7 Å². The third kappa shape index (κ3) is 4.12. The quantitative estimate of drug-likeness (QED) is 0.813. The number of carbonyl (C=O) groups is 1. The Labute approximate surface area is 114 Å². The van der Waals surface area contributed by atoms with E-state index in [-0.39, 0.29) is 12.5 Å². The van der Waals surface area contributed by atoms with E-state index in [9.17, 15) is 4.79 Å². The van der Waals surface area contributed by atoms with Crippen molar-refractivity contribution in [3.05, 3.63) is 35.9 Å². The zero-order chi connectivity index (χ0) is 13.5. The number of benzene rings is 1. The Hall–Kier alpha value is -1.77. The Balaban J connectivity index is 1.88. The van der Waals surface area contributed by atoms with Crippen molar-refractivity contribution >= 4 is 12.0 Å². The fourth-order valence-corrected chi connectivity index (χ4v) is 2.16. The topological polar surface area (TPSA) is 29.5 Å². The predicted molar refractivity (Wildman–Crippen MR) is 77.1 cm³/mol. The van der Waals surface area contributed by atoms with Crippen molar-refractivity contribution < 1.29 is 9.53 Å². The van der Waals surface area contributed by atoms with E-state index in [1.54, 1.807) is 0 Å². The molecule has 1 aromatic rings. The van der Waals surface area contributed by atoms with Crippen LogP contribution in [-0.2, 0) is 4.79 Å². The molecule has 0 bridgehead atoms. The summed E-state index contributed by atoms with van der Waals surface area (Å²) in [7, 11) is 0. The van der Waals surface area contributed by atoms with Crippen LogP contribution >= 0.6 is 0 Å². The van der Waals surface area contributed by atoms with Crippen molar-refractivity contribution in [1.82, 2.24) is 4.90 Å². The van der Waals surface area contributed by atoms with Crippen LogP contribution in [0, 0.1) is 0 Å². The maximum absolute atomic E-state index is 11.9. The highest BCUT2D eigenvalue weighted by molar-refractivity contribution is 5.78. The molecule has 3 nitrogen and oxygen atoms in total. The Morgan fingerprint density at radius 1 is 1.37 bits per heavy atom. The molecule has 0 N–H and O–H groups in total. The second-order valence-corrected chi connectivity index (χ2v) is 4.76. The Kier molecular flexibility index (Phi) is 5.01. The summed E-state index contributed by atoms with van der Waals surface area (Å²) in [4.78, 5) is 13.7. The summed E-state index contributed by atoms with van der Waals surface area (Å²) >= 11 is 0. The first kappa shape index (κ1) is 13.7. The Morgan fingerprint density at radius 3 is 2.89 bits per heavy atom. The molecule has 0 unspecified atom stereocenters. The van der Waals surface area contributed by atoms with E-state index in [1.807, 2.05) is 29.2 Å². The average Bonchev–Trinajstić information content (AvgIpc) is 2.97. The minimum atomic E-state index is 0.0898. The summed E-state index contributed by atoms with van der Waals surface area (Å²) in [6.45, 7) is 4.00. The number of hydrogen-bond acceptors (Lipinski definition) is 2. The maximum atomic E-state index is 11.9. The van der Waals surface area contributed by atoms with E-state index in [4.69, 9.17) is 4.74 Å². The largest absolute Gasteiger partial charge is 0.484 e. The summed E-state index contributed by atoms with van der Waals surface area (Å²) in [6.07, 6.45) is 7.41. The van der Waals surface area contributed by atoms with Gasteiger partial charge in [0.15, 0.2) is 6.61 Å². The lowest BCUT2D eigenvalue weighted by atomic mass is 10.2. The predicted octanol–water partition coefficient (Wildman–Crippen LogP) is 3.11. The van der Waals surface area contributed by atoms with Gasteiger partial charge in [0.25, 0.3) is 5.91 Å². The third-order valence-electron chi connectivity index (χ3n) is 3.23. The Bertz CT molecular complexity index is 448. The molecule has 0 atom stereocenters. The van der Waals surface area contributed by atoms with Crippen LogP contribution < -0.4 is 4.74 Å². The van der Waals surface area contributed by atoms with Gasteiger partial charge in [0.1, 0.15) is 5.75 Å². The van der Waals surface area contributed by atoms with Crippen molar-refractivity contribution in [1.29, 1.82) is 0 Å².